The number of carbonyl (C=O) groups excluding carboxylic acids is 1. The number of nitrogens with zero attached hydrogens (tertiary/aromatic N) is 2. The van der Waals surface area contributed by atoms with Gasteiger partial charge >= 0.3 is 6.18 Å². The lowest BCUT2D eigenvalue weighted by Gasteiger charge is -2.31. The van der Waals surface area contributed by atoms with Crippen LogP contribution in [-0.2, 0) is 6.18 Å². The minimum Gasteiger partial charge on any atom is -0.451 e. The number of benzene rings is 2. The molecule has 1 aromatic heterocycles. The summed E-state index contributed by atoms with van der Waals surface area (Å²) in [5, 5.41) is 13.5. The summed E-state index contributed by atoms with van der Waals surface area (Å²) in [7, 11) is 0. The second-order valence-corrected chi connectivity index (χ2v) is 7.70. The van der Waals surface area contributed by atoms with E-state index in [0.29, 0.717) is 24.3 Å². The van der Waals surface area contributed by atoms with Gasteiger partial charge in [0.15, 0.2) is 5.76 Å². The van der Waals surface area contributed by atoms with Crippen LogP contribution in [0, 0.1) is 10.1 Å². The van der Waals surface area contributed by atoms with Crippen molar-refractivity contribution in [1.29, 1.82) is 0 Å². The maximum atomic E-state index is 13.3. The molecule has 0 saturated carbocycles. The number of furan rings is 1. The Morgan fingerprint density at radius 1 is 1.03 bits per heavy atom. The third-order valence-electron chi connectivity index (χ3n) is 5.44. The van der Waals surface area contributed by atoms with Crippen LogP contribution in [0.5, 0.6) is 0 Å². The van der Waals surface area contributed by atoms with E-state index in [1.807, 2.05) is 4.90 Å². The molecule has 1 N–H and O–H groups in total. The lowest BCUT2D eigenvalue weighted by atomic mass is 10.1. The first-order chi connectivity index (χ1) is 15.7. The third-order valence-corrected chi connectivity index (χ3v) is 5.44. The number of alkyl halides is 3. The summed E-state index contributed by atoms with van der Waals surface area (Å²) < 4.78 is 45.4. The van der Waals surface area contributed by atoms with Crippen molar-refractivity contribution < 1.29 is 27.3 Å². The van der Waals surface area contributed by atoms with E-state index < -0.39 is 22.6 Å². The fourth-order valence-electron chi connectivity index (χ4n) is 3.79. The van der Waals surface area contributed by atoms with E-state index in [0.717, 1.165) is 31.4 Å². The van der Waals surface area contributed by atoms with Crippen LogP contribution in [0.2, 0.25) is 0 Å². The Bertz CT molecular complexity index is 1180. The SMILES string of the molecule is O=C(Nc1cc(C(F)(F)F)ccc1N1CCCCC1)c1ccc(-c2cccc([N+](=O)[O-])c2)o1. The molecule has 0 atom stereocenters. The van der Waals surface area contributed by atoms with E-state index >= 15 is 0 Å². The first-order valence-corrected chi connectivity index (χ1v) is 10.3. The average molecular weight is 459 g/mol. The molecule has 33 heavy (non-hydrogen) atoms. The average Bonchev–Trinajstić information content (AvgIpc) is 3.30. The standard InChI is InChI=1S/C23H20F3N3O4/c24-23(25,26)16-7-8-19(28-11-2-1-3-12-28)18(14-16)27-22(30)21-10-9-20(33-21)15-5-4-6-17(13-15)29(31)32/h4-10,13-14H,1-3,11-12H2,(H,27,30). The molecule has 0 radical (unpaired) electrons. The molecule has 0 bridgehead atoms. The zero-order valence-corrected chi connectivity index (χ0v) is 17.4. The van der Waals surface area contributed by atoms with Crippen LogP contribution >= 0.6 is 0 Å². The summed E-state index contributed by atoms with van der Waals surface area (Å²) in [4.78, 5) is 25.2. The van der Waals surface area contributed by atoms with Crippen LogP contribution in [0.25, 0.3) is 11.3 Å². The zero-order chi connectivity index (χ0) is 23.6. The molecule has 2 aromatic carbocycles. The van der Waals surface area contributed by atoms with Crippen molar-refractivity contribution in [2.24, 2.45) is 0 Å². The molecule has 2 heterocycles. The second-order valence-electron chi connectivity index (χ2n) is 7.70. The van der Waals surface area contributed by atoms with Gasteiger partial charge in [0.05, 0.1) is 21.9 Å². The summed E-state index contributed by atoms with van der Waals surface area (Å²) >= 11 is 0. The van der Waals surface area contributed by atoms with Crippen molar-refractivity contribution >= 4 is 23.0 Å². The number of anilines is 2. The van der Waals surface area contributed by atoms with E-state index in [-0.39, 0.29) is 22.9 Å². The van der Waals surface area contributed by atoms with Crippen molar-refractivity contribution in [1.82, 2.24) is 0 Å². The Kier molecular flexibility index (Phi) is 6.08. The molecule has 1 fully saturated rings. The maximum absolute atomic E-state index is 13.3. The number of carbonyl (C=O) groups is 1. The highest BCUT2D eigenvalue weighted by Crippen LogP contribution is 2.37. The van der Waals surface area contributed by atoms with E-state index in [4.69, 9.17) is 4.42 Å². The van der Waals surface area contributed by atoms with Gasteiger partial charge in [0, 0.05) is 30.8 Å². The van der Waals surface area contributed by atoms with Gasteiger partial charge in [-0.25, -0.2) is 0 Å². The molecule has 10 heteroatoms. The summed E-state index contributed by atoms with van der Waals surface area (Å²) in [6.45, 7) is 1.37. The molecule has 1 amide bonds. The summed E-state index contributed by atoms with van der Waals surface area (Å²) in [5.41, 5.74) is -0.0387. The summed E-state index contributed by atoms with van der Waals surface area (Å²) in [6, 6.07) is 11.9. The minimum atomic E-state index is -4.56. The van der Waals surface area contributed by atoms with Gasteiger partial charge in [-0.3, -0.25) is 14.9 Å². The van der Waals surface area contributed by atoms with Crippen molar-refractivity contribution in [3.63, 3.8) is 0 Å². The fraction of sp³-hybridized carbons (Fsp3) is 0.261. The monoisotopic (exact) mass is 459 g/mol. The van der Waals surface area contributed by atoms with E-state index in [9.17, 15) is 28.1 Å². The summed E-state index contributed by atoms with van der Waals surface area (Å²) in [6.07, 6.45) is -1.68. The molecule has 172 valence electrons. The Labute approximate surface area is 187 Å². The number of hydrogen-bond acceptors (Lipinski definition) is 5. The van der Waals surface area contributed by atoms with Gasteiger partial charge < -0.3 is 14.6 Å². The van der Waals surface area contributed by atoms with Gasteiger partial charge in [-0.15, -0.1) is 0 Å². The molecule has 3 aromatic rings. The molecule has 4 rings (SSSR count). The van der Waals surface area contributed by atoms with Crippen molar-refractivity contribution in [2.75, 3.05) is 23.3 Å². The maximum Gasteiger partial charge on any atom is 0.416 e. The lowest BCUT2D eigenvalue weighted by molar-refractivity contribution is -0.384. The Balaban J connectivity index is 1.61. The Hall–Kier alpha value is -3.82. The van der Waals surface area contributed by atoms with Crippen molar-refractivity contribution in [2.45, 2.75) is 25.4 Å². The van der Waals surface area contributed by atoms with Crippen molar-refractivity contribution in [3.05, 3.63) is 76.0 Å². The van der Waals surface area contributed by atoms with Crippen molar-refractivity contribution in [3.8, 4) is 11.3 Å². The van der Waals surface area contributed by atoms with Gasteiger partial charge in [0.1, 0.15) is 5.76 Å². The second kappa shape index (κ2) is 8.97. The van der Waals surface area contributed by atoms with Crippen LogP contribution in [0.3, 0.4) is 0 Å². The number of nitro benzene ring substituents is 1. The van der Waals surface area contributed by atoms with Crippen LogP contribution in [0.1, 0.15) is 35.4 Å². The van der Waals surface area contributed by atoms with Gasteiger partial charge in [-0.2, -0.15) is 13.2 Å². The highest BCUT2D eigenvalue weighted by molar-refractivity contribution is 6.04. The smallest absolute Gasteiger partial charge is 0.416 e. The number of non-ortho nitro benzene ring substituents is 1. The molecule has 0 aliphatic carbocycles. The summed E-state index contributed by atoms with van der Waals surface area (Å²) in [5.74, 6) is -0.619. The molecule has 0 unspecified atom stereocenters. The Morgan fingerprint density at radius 2 is 1.79 bits per heavy atom. The number of piperidine rings is 1. The minimum absolute atomic E-state index is 0.0463. The quantitative estimate of drug-likeness (QED) is 0.367. The van der Waals surface area contributed by atoms with E-state index in [2.05, 4.69) is 5.32 Å². The largest absolute Gasteiger partial charge is 0.451 e. The normalized spacial score (nSPS) is 14.2. The molecule has 7 nitrogen and oxygen atoms in total. The molecular weight excluding hydrogens is 439 g/mol. The van der Waals surface area contributed by atoms with E-state index in [1.54, 1.807) is 6.07 Å². The highest BCUT2D eigenvalue weighted by Gasteiger charge is 2.32. The van der Waals surface area contributed by atoms with Crippen LogP contribution in [-0.4, -0.2) is 23.9 Å². The van der Waals surface area contributed by atoms with Gasteiger partial charge in [0.25, 0.3) is 11.6 Å². The number of nitrogens with one attached hydrogen (secondary N) is 1. The predicted octanol–water partition coefficient (Wildman–Crippen LogP) is 6.12. The lowest BCUT2D eigenvalue weighted by Crippen LogP contribution is -2.30. The zero-order valence-electron chi connectivity index (χ0n) is 17.4. The number of rotatable bonds is 5. The van der Waals surface area contributed by atoms with E-state index in [1.165, 1.54) is 36.4 Å². The molecule has 0 spiro atoms. The van der Waals surface area contributed by atoms with Crippen LogP contribution in [0.4, 0.5) is 30.2 Å². The first kappa shape index (κ1) is 22.4. The predicted molar refractivity (Wildman–Crippen MR) is 116 cm³/mol. The number of nitro groups is 1. The molecule has 1 aliphatic heterocycles. The molecular formula is C23H20F3N3O4. The number of hydrogen-bond donors (Lipinski definition) is 1. The Morgan fingerprint density at radius 3 is 2.48 bits per heavy atom. The fourth-order valence-corrected chi connectivity index (χ4v) is 3.79. The number of amides is 1. The topological polar surface area (TPSA) is 88.6 Å². The van der Waals surface area contributed by atoms with Crippen LogP contribution in [0.15, 0.2) is 59.0 Å². The van der Waals surface area contributed by atoms with Crippen LogP contribution < -0.4 is 10.2 Å². The molecule has 1 aliphatic rings. The third kappa shape index (κ3) is 5.00. The van der Waals surface area contributed by atoms with Gasteiger partial charge in [-0.05, 0) is 49.6 Å². The number of halogens is 3. The highest BCUT2D eigenvalue weighted by atomic mass is 19.4. The van der Waals surface area contributed by atoms with Gasteiger partial charge in [-0.1, -0.05) is 12.1 Å². The van der Waals surface area contributed by atoms with Gasteiger partial charge in [0.2, 0.25) is 0 Å². The molecule has 1 saturated heterocycles. The first-order valence-electron chi connectivity index (χ1n) is 10.3.